The minimum atomic E-state index is -3.68. The highest BCUT2D eigenvalue weighted by atomic mass is 32.2. The highest BCUT2D eigenvalue weighted by molar-refractivity contribution is 7.92. The van der Waals surface area contributed by atoms with Crippen LogP contribution < -0.4 is 16.4 Å². The second-order valence-corrected chi connectivity index (χ2v) is 13.4. The molecule has 0 aromatic heterocycles. The van der Waals surface area contributed by atoms with Crippen LogP contribution in [-0.2, 0) is 38.8 Å². The van der Waals surface area contributed by atoms with Gasteiger partial charge in [-0.15, -0.1) is 0 Å². The number of fused-ring (bicyclic) bond motifs is 9. The average molecular weight is 591 g/mol. The van der Waals surface area contributed by atoms with Crippen LogP contribution in [0.25, 0.3) is 0 Å². The third-order valence-corrected chi connectivity index (χ3v) is 9.81. The van der Waals surface area contributed by atoms with Crippen LogP contribution in [0.15, 0.2) is 65.6 Å². The fourth-order valence-corrected chi connectivity index (χ4v) is 6.40. The van der Waals surface area contributed by atoms with E-state index in [4.69, 9.17) is 5.73 Å². The van der Waals surface area contributed by atoms with E-state index in [1.54, 1.807) is 57.3 Å². The number of hydrogen-bond acceptors (Lipinski definition) is 6. The number of likely N-dealkylation sites (N-methyl/N-ethyl adjacent to an activating group) is 1. The third kappa shape index (κ3) is 6.82. The molecule has 4 bridgehead atoms. The molecule has 42 heavy (non-hydrogen) atoms. The van der Waals surface area contributed by atoms with E-state index in [1.165, 1.54) is 11.0 Å². The molecule has 0 saturated heterocycles. The van der Waals surface area contributed by atoms with E-state index < -0.39 is 27.0 Å². The van der Waals surface area contributed by atoms with Gasteiger partial charge in [0.25, 0.3) is 0 Å². The molecular formula is C32H38N4O5S. The van der Waals surface area contributed by atoms with Crippen LogP contribution in [0.4, 0.5) is 11.4 Å². The van der Waals surface area contributed by atoms with Crippen molar-refractivity contribution in [1.82, 2.24) is 4.90 Å². The summed E-state index contributed by atoms with van der Waals surface area (Å²) in [5, 5.41) is 5.50. The van der Waals surface area contributed by atoms with Crippen molar-refractivity contribution in [3.8, 4) is 0 Å². The molecule has 0 aliphatic carbocycles. The van der Waals surface area contributed by atoms with E-state index >= 15 is 0 Å². The predicted octanol–water partition coefficient (Wildman–Crippen LogP) is 4.62. The number of nitrogens with two attached hydrogens (primary N) is 1. The summed E-state index contributed by atoms with van der Waals surface area (Å²) in [7, 11) is -2.06. The monoisotopic (exact) mass is 590 g/mol. The molecule has 0 radical (unpaired) electrons. The maximum Gasteiger partial charge on any atom is 0.249 e. The van der Waals surface area contributed by atoms with E-state index in [9.17, 15) is 22.8 Å². The molecule has 4 N–H and O–H groups in total. The summed E-state index contributed by atoms with van der Waals surface area (Å²) in [6, 6.07) is 16.4. The Morgan fingerprint density at radius 3 is 2.50 bits per heavy atom. The van der Waals surface area contributed by atoms with Gasteiger partial charge in [-0.1, -0.05) is 31.2 Å². The Morgan fingerprint density at radius 1 is 1.05 bits per heavy atom. The number of nitrogens with one attached hydrogen (secondary N) is 2. The fraction of sp³-hybridized carbons (Fsp3) is 0.344. The Labute approximate surface area is 247 Å². The van der Waals surface area contributed by atoms with E-state index in [0.717, 1.165) is 23.1 Å². The summed E-state index contributed by atoms with van der Waals surface area (Å²) in [6.07, 6.45) is 2.38. The second-order valence-electron chi connectivity index (χ2n) is 10.9. The number of amides is 3. The van der Waals surface area contributed by atoms with Gasteiger partial charge < -0.3 is 21.3 Å². The van der Waals surface area contributed by atoms with Crippen molar-refractivity contribution in [2.24, 2.45) is 5.73 Å². The smallest absolute Gasteiger partial charge is 0.249 e. The molecule has 2 heterocycles. The molecule has 3 amide bonds. The van der Waals surface area contributed by atoms with Crippen molar-refractivity contribution in [3.05, 3.63) is 88.5 Å². The van der Waals surface area contributed by atoms with Gasteiger partial charge >= 0.3 is 0 Å². The molecule has 0 saturated carbocycles. The van der Waals surface area contributed by atoms with Gasteiger partial charge in [0.15, 0.2) is 9.84 Å². The molecule has 222 valence electrons. The number of aryl methyl sites for hydroxylation is 2. The normalized spacial score (nSPS) is 16.4. The Morgan fingerprint density at radius 2 is 1.81 bits per heavy atom. The molecule has 5 rings (SSSR count). The fourth-order valence-electron chi connectivity index (χ4n) is 5.14. The summed E-state index contributed by atoms with van der Waals surface area (Å²) in [4.78, 5) is 40.3. The van der Waals surface area contributed by atoms with Crippen molar-refractivity contribution in [2.75, 3.05) is 17.7 Å². The first-order valence-corrected chi connectivity index (χ1v) is 15.6. The lowest BCUT2D eigenvalue weighted by Gasteiger charge is -2.28. The lowest BCUT2D eigenvalue weighted by molar-refractivity contribution is -0.131. The van der Waals surface area contributed by atoms with Gasteiger partial charge in [0.05, 0.1) is 10.1 Å². The van der Waals surface area contributed by atoms with E-state index in [-0.39, 0.29) is 23.3 Å². The Balaban J connectivity index is 1.83. The van der Waals surface area contributed by atoms with E-state index in [0.29, 0.717) is 41.8 Å². The zero-order valence-corrected chi connectivity index (χ0v) is 25.3. The van der Waals surface area contributed by atoms with Crippen LogP contribution in [0.1, 0.15) is 72.3 Å². The lowest BCUT2D eigenvalue weighted by Crippen LogP contribution is -2.35. The van der Waals surface area contributed by atoms with E-state index in [1.807, 2.05) is 25.1 Å². The summed E-state index contributed by atoms with van der Waals surface area (Å²) >= 11 is 0. The zero-order valence-electron chi connectivity index (χ0n) is 24.4. The number of carbonyl (C=O) groups excluding carboxylic acids is 3. The Kier molecular flexibility index (Phi) is 9.36. The minimum absolute atomic E-state index is 0.0119. The molecule has 2 aliphatic heterocycles. The highest BCUT2D eigenvalue weighted by Gasteiger charge is 2.28. The quantitative estimate of drug-likeness (QED) is 0.383. The van der Waals surface area contributed by atoms with Crippen molar-refractivity contribution < 1.29 is 22.8 Å². The SMILES string of the molecule is CCc1cc2ccc1CCCC(=O)Nc1ccc(S(=O)(=O)C(C)C)c(c1)CN(C)C(=O)C2Nc1cccc(C(N)=O)c1. The van der Waals surface area contributed by atoms with Crippen LogP contribution in [0.2, 0.25) is 0 Å². The van der Waals surface area contributed by atoms with Crippen molar-refractivity contribution >= 4 is 38.9 Å². The molecule has 1 unspecified atom stereocenters. The first-order valence-electron chi connectivity index (χ1n) is 14.1. The number of benzene rings is 3. The Bertz CT molecular complexity index is 1620. The first-order chi connectivity index (χ1) is 19.9. The van der Waals surface area contributed by atoms with Crippen LogP contribution in [-0.4, -0.2) is 43.3 Å². The van der Waals surface area contributed by atoms with Crippen LogP contribution in [0, 0.1) is 0 Å². The number of anilines is 2. The highest BCUT2D eigenvalue weighted by Crippen LogP contribution is 2.29. The standard InChI is InChI=1S/C32H38N4O5S/c1-5-21-16-23-13-12-22(21)8-7-11-29(37)34-27-14-15-28(42(40,41)20(2)3)25(18-27)19-36(4)32(39)30(23)35-26-10-6-9-24(17-26)31(33)38/h6,9-10,12-18,20,30,35H,5,7-8,11,19H2,1-4H3,(H2,33,38)(H,34,37). The maximum absolute atomic E-state index is 14.1. The van der Waals surface area contributed by atoms with Gasteiger partial charge in [-0.25, -0.2) is 8.42 Å². The van der Waals surface area contributed by atoms with Gasteiger partial charge in [0, 0.05) is 37.0 Å². The molecule has 0 fully saturated rings. The van der Waals surface area contributed by atoms with Gasteiger partial charge in [-0.3, -0.25) is 14.4 Å². The average Bonchev–Trinajstić information content (AvgIpc) is 2.95. The van der Waals surface area contributed by atoms with Crippen LogP contribution in [0.3, 0.4) is 0 Å². The molecule has 2 aliphatic rings. The van der Waals surface area contributed by atoms with Crippen LogP contribution in [0.5, 0.6) is 0 Å². The van der Waals surface area contributed by atoms with Gasteiger partial charge in [0.1, 0.15) is 6.04 Å². The summed E-state index contributed by atoms with van der Waals surface area (Å²) in [5.74, 6) is -1.04. The largest absolute Gasteiger partial charge is 0.370 e. The number of nitrogens with zero attached hydrogens (tertiary/aromatic N) is 1. The minimum Gasteiger partial charge on any atom is -0.370 e. The maximum atomic E-state index is 14.1. The predicted molar refractivity (Wildman–Crippen MR) is 164 cm³/mol. The first kappa shape index (κ1) is 30.8. The molecule has 0 spiro atoms. The second kappa shape index (κ2) is 12.8. The molecule has 10 heteroatoms. The summed E-state index contributed by atoms with van der Waals surface area (Å²) in [6.45, 7) is 5.25. The van der Waals surface area contributed by atoms with Gasteiger partial charge in [-0.05, 0) is 91.8 Å². The summed E-state index contributed by atoms with van der Waals surface area (Å²) < 4.78 is 26.5. The number of carbonyl (C=O) groups is 3. The zero-order chi connectivity index (χ0) is 30.6. The van der Waals surface area contributed by atoms with Crippen molar-refractivity contribution in [1.29, 1.82) is 0 Å². The number of primary amides is 1. The molecule has 3 aromatic rings. The molecular weight excluding hydrogens is 552 g/mol. The summed E-state index contributed by atoms with van der Waals surface area (Å²) in [5.41, 5.74) is 10.1. The Hall–Kier alpha value is -4.18. The number of sulfone groups is 1. The lowest BCUT2D eigenvalue weighted by atomic mass is 9.94. The van der Waals surface area contributed by atoms with Crippen molar-refractivity contribution in [2.45, 2.75) is 69.2 Å². The number of hydrogen-bond donors (Lipinski definition) is 3. The molecule has 9 nitrogen and oxygen atoms in total. The third-order valence-electron chi connectivity index (χ3n) is 7.55. The number of rotatable bonds is 6. The molecule has 3 aromatic carbocycles. The van der Waals surface area contributed by atoms with Gasteiger partial charge in [-0.2, -0.15) is 0 Å². The van der Waals surface area contributed by atoms with Gasteiger partial charge in [0.2, 0.25) is 17.7 Å². The van der Waals surface area contributed by atoms with E-state index in [2.05, 4.69) is 10.6 Å². The molecule has 1 atom stereocenters. The topological polar surface area (TPSA) is 139 Å². The van der Waals surface area contributed by atoms with Crippen LogP contribution >= 0.6 is 0 Å². The van der Waals surface area contributed by atoms with Crippen molar-refractivity contribution in [3.63, 3.8) is 0 Å².